The zero-order valence-electron chi connectivity index (χ0n) is 13.7. The Labute approximate surface area is 144 Å². The molecule has 0 bridgehead atoms. The minimum absolute atomic E-state index is 0. The molecule has 4 atom stereocenters. The summed E-state index contributed by atoms with van der Waals surface area (Å²) in [5.41, 5.74) is 6.44. The number of hydrogen-bond acceptors (Lipinski definition) is 4. The number of rotatable bonds is 5. The third-order valence-corrected chi connectivity index (χ3v) is 4.28. The fourth-order valence-electron chi connectivity index (χ4n) is 2.50. The standard InChI is InChI=1S/C17H26N2O3.ClH/c1-11(12(2)18)17(21)19-13-7-9-14(10-8-13)22-16-6-4-3-5-15(16)20;/h7-12,15-16,20H,3-6,18H2,1-2H3,(H,19,21);1H. The van der Waals surface area contributed by atoms with Crippen LogP contribution in [-0.4, -0.2) is 29.3 Å². The molecule has 0 heterocycles. The van der Waals surface area contributed by atoms with E-state index in [4.69, 9.17) is 10.5 Å². The molecule has 1 fully saturated rings. The topological polar surface area (TPSA) is 84.6 Å². The number of nitrogens with two attached hydrogens (primary N) is 1. The lowest BCUT2D eigenvalue weighted by Crippen LogP contribution is -2.34. The fraction of sp³-hybridized carbons (Fsp3) is 0.588. The Bertz CT molecular complexity index is 493. The van der Waals surface area contributed by atoms with E-state index >= 15 is 0 Å². The molecule has 23 heavy (non-hydrogen) atoms. The molecule has 1 aliphatic carbocycles. The van der Waals surface area contributed by atoms with E-state index in [1.165, 1.54) is 0 Å². The normalized spacial score (nSPS) is 23.3. The van der Waals surface area contributed by atoms with Crippen molar-refractivity contribution in [2.45, 2.75) is 57.8 Å². The highest BCUT2D eigenvalue weighted by atomic mass is 35.5. The average molecular weight is 343 g/mol. The van der Waals surface area contributed by atoms with E-state index < -0.39 is 0 Å². The van der Waals surface area contributed by atoms with Gasteiger partial charge >= 0.3 is 0 Å². The molecule has 0 radical (unpaired) electrons. The second-order valence-corrected chi connectivity index (χ2v) is 6.17. The molecule has 0 aliphatic heterocycles. The van der Waals surface area contributed by atoms with Crippen LogP contribution in [0.5, 0.6) is 5.75 Å². The quantitative estimate of drug-likeness (QED) is 0.768. The summed E-state index contributed by atoms with van der Waals surface area (Å²) >= 11 is 0. The van der Waals surface area contributed by atoms with Crippen molar-refractivity contribution in [3.8, 4) is 5.75 Å². The molecular formula is C17H27ClN2O3. The number of benzene rings is 1. The molecule has 5 nitrogen and oxygen atoms in total. The maximum absolute atomic E-state index is 11.9. The van der Waals surface area contributed by atoms with Crippen molar-refractivity contribution in [2.75, 3.05) is 5.32 Å². The van der Waals surface area contributed by atoms with Crippen molar-refractivity contribution in [1.82, 2.24) is 0 Å². The van der Waals surface area contributed by atoms with Crippen LogP contribution < -0.4 is 15.8 Å². The zero-order valence-corrected chi connectivity index (χ0v) is 14.5. The third kappa shape index (κ3) is 5.68. The number of halogens is 1. The lowest BCUT2D eigenvalue weighted by Gasteiger charge is -2.28. The molecule has 1 aromatic carbocycles. The number of aliphatic hydroxyl groups is 1. The Morgan fingerprint density at radius 1 is 1.26 bits per heavy atom. The van der Waals surface area contributed by atoms with Gasteiger partial charge in [0.25, 0.3) is 0 Å². The van der Waals surface area contributed by atoms with Crippen LogP contribution in [0.3, 0.4) is 0 Å². The van der Waals surface area contributed by atoms with Gasteiger partial charge in [-0.05, 0) is 50.5 Å². The monoisotopic (exact) mass is 342 g/mol. The van der Waals surface area contributed by atoms with Crippen LogP contribution in [0.1, 0.15) is 39.5 Å². The molecule has 1 amide bonds. The minimum Gasteiger partial charge on any atom is -0.488 e. The summed E-state index contributed by atoms with van der Waals surface area (Å²) in [4.78, 5) is 11.9. The summed E-state index contributed by atoms with van der Waals surface area (Å²) in [7, 11) is 0. The highest BCUT2D eigenvalue weighted by Crippen LogP contribution is 2.25. The van der Waals surface area contributed by atoms with Crippen molar-refractivity contribution in [3.05, 3.63) is 24.3 Å². The molecule has 1 aromatic rings. The van der Waals surface area contributed by atoms with Gasteiger partial charge in [0, 0.05) is 11.7 Å². The van der Waals surface area contributed by atoms with Crippen LogP contribution in [0.2, 0.25) is 0 Å². The predicted octanol–water partition coefficient (Wildman–Crippen LogP) is 2.71. The van der Waals surface area contributed by atoms with Crippen LogP contribution in [-0.2, 0) is 4.79 Å². The number of carbonyl (C=O) groups is 1. The SMILES string of the molecule is CC(N)C(C)C(=O)Nc1ccc(OC2CCCCC2O)cc1.Cl. The van der Waals surface area contributed by atoms with Crippen molar-refractivity contribution < 1.29 is 14.6 Å². The molecule has 1 aliphatic rings. The minimum atomic E-state index is -0.389. The Morgan fingerprint density at radius 3 is 2.43 bits per heavy atom. The van der Waals surface area contributed by atoms with Crippen LogP contribution in [0, 0.1) is 5.92 Å². The van der Waals surface area contributed by atoms with Gasteiger partial charge in [-0.25, -0.2) is 0 Å². The molecule has 0 spiro atoms. The zero-order chi connectivity index (χ0) is 16.1. The van der Waals surface area contributed by atoms with E-state index in [2.05, 4.69) is 5.32 Å². The lowest BCUT2D eigenvalue weighted by molar-refractivity contribution is -0.119. The van der Waals surface area contributed by atoms with Crippen LogP contribution in [0.25, 0.3) is 0 Å². The number of anilines is 1. The number of ether oxygens (including phenoxy) is 1. The summed E-state index contributed by atoms with van der Waals surface area (Å²) in [6.45, 7) is 3.62. The van der Waals surface area contributed by atoms with Crippen molar-refractivity contribution in [2.24, 2.45) is 11.7 Å². The van der Waals surface area contributed by atoms with Crippen LogP contribution >= 0.6 is 12.4 Å². The van der Waals surface area contributed by atoms with Gasteiger partial charge in [0.2, 0.25) is 5.91 Å². The molecular weight excluding hydrogens is 316 g/mol. The second-order valence-electron chi connectivity index (χ2n) is 6.17. The summed E-state index contributed by atoms with van der Waals surface area (Å²) in [5.74, 6) is 0.379. The second kappa shape index (κ2) is 9.11. The molecule has 4 N–H and O–H groups in total. The van der Waals surface area contributed by atoms with Gasteiger partial charge < -0.3 is 20.9 Å². The van der Waals surface area contributed by atoms with Crippen LogP contribution in [0.4, 0.5) is 5.69 Å². The van der Waals surface area contributed by atoms with Gasteiger partial charge in [-0.3, -0.25) is 4.79 Å². The number of hydrogen-bond donors (Lipinski definition) is 3. The average Bonchev–Trinajstić information content (AvgIpc) is 2.50. The van der Waals surface area contributed by atoms with E-state index in [1.807, 2.05) is 26.0 Å². The Balaban J connectivity index is 0.00000264. The summed E-state index contributed by atoms with van der Waals surface area (Å²) in [6.07, 6.45) is 3.31. The van der Waals surface area contributed by atoms with E-state index in [1.54, 1.807) is 12.1 Å². The Morgan fingerprint density at radius 2 is 1.87 bits per heavy atom. The van der Waals surface area contributed by atoms with Crippen molar-refractivity contribution >= 4 is 24.0 Å². The lowest BCUT2D eigenvalue weighted by atomic mass is 9.95. The first-order valence-electron chi connectivity index (χ1n) is 7.98. The molecule has 6 heteroatoms. The number of carbonyl (C=O) groups excluding carboxylic acids is 1. The fourth-order valence-corrected chi connectivity index (χ4v) is 2.50. The largest absolute Gasteiger partial charge is 0.488 e. The molecule has 130 valence electrons. The highest BCUT2D eigenvalue weighted by molar-refractivity contribution is 5.92. The molecule has 0 aromatic heterocycles. The first-order chi connectivity index (χ1) is 10.5. The smallest absolute Gasteiger partial charge is 0.228 e. The van der Waals surface area contributed by atoms with Crippen molar-refractivity contribution in [3.63, 3.8) is 0 Å². The maximum Gasteiger partial charge on any atom is 0.228 e. The molecule has 1 saturated carbocycles. The van der Waals surface area contributed by atoms with Gasteiger partial charge in [0.1, 0.15) is 11.9 Å². The van der Waals surface area contributed by atoms with E-state index in [-0.39, 0.29) is 42.5 Å². The summed E-state index contributed by atoms with van der Waals surface area (Å²) < 4.78 is 5.83. The Kier molecular flexibility index (Phi) is 7.82. The number of nitrogens with one attached hydrogen (secondary N) is 1. The van der Waals surface area contributed by atoms with Gasteiger partial charge in [-0.1, -0.05) is 13.3 Å². The number of amides is 1. The number of aliphatic hydroxyl groups excluding tert-OH is 1. The third-order valence-electron chi connectivity index (χ3n) is 4.28. The van der Waals surface area contributed by atoms with E-state index in [0.29, 0.717) is 11.4 Å². The summed E-state index contributed by atoms with van der Waals surface area (Å²) in [6, 6.07) is 7.04. The molecule has 2 rings (SSSR count). The maximum atomic E-state index is 11.9. The van der Waals surface area contributed by atoms with Gasteiger partial charge in [0.05, 0.1) is 12.0 Å². The molecule has 0 saturated heterocycles. The van der Waals surface area contributed by atoms with Gasteiger partial charge in [-0.15, -0.1) is 12.4 Å². The Hall–Kier alpha value is -1.30. The van der Waals surface area contributed by atoms with E-state index in [0.717, 1.165) is 25.7 Å². The van der Waals surface area contributed by atoms with Gasteiger partial charge in [-0.2, -0.15) is 0 Å². The predicted molar refractivity (Wildman–Crippen MR) is 94.0 cm³/mol. The van der Waals surface area contributed by atoms with Crippen molar-refractivity contribution in [1.29, 1.82) is 0 Å². The van der Waals surface area contributed by atoms with E-state index in [9.17, 15) is 9.90 Å². The first-order valence-corrected chi connectivity index (χ1v) is 7.98. The van der Waals surface area contributed by atoms with Gasteiger partial charge in [0.15, 0.2) is 0 Å². The first kappa shape index (κ1) is 19.7. The molecule has 4 unspecified atom stereocenters. The van der Waals surface area contributed by atoms with Crippen LogP contribution in [0.15, 0.2) is 24.3 Å². The summed E-state index contributed by atoms with van der Waals surface area (Å²) in [5, 5.41) is 12.8. The highest BCUT2D eigenvalue weighted by Gasteiger charge is 2.24.